The van der Waals surface area contributed by atoms with Gasteiger partial charge < -0.3 is 16.2 Å². The first-order valence-corrected chi connectivity index (χ1v) is 5.92. The molecule has 0 saturated heterocycles. The zero-order valence-electron chi connectivity index (χ0n) is 9.94. The number of nitrogens with two attached hydrogens (primary N) is 1. The van der Waals surface area contributed by atoms with Gasteiger partial charge in [0, 0.05) is 12.0 Å². The van der Waals surface area contributed by atoms with E-state index in [1.54, 1.807) is 18.2 Å². The van der Waals surface area contributed by atoms with E-state index < -0.39 is 0 Å². The Morgan fingerprint density at radius 2 is 2.24 bits per heavy atom. The van der Waals surface area contributed by atoms with Crippen LogP contribution in [0.1, 0.15) is 24.8 Å². The number of hydrogen-bond donors (Lipinski definition) is 3. The minimum absolute atomic E-state index is 0.0232. The quantitative estimate of drug-likeness (QED) is 0.682. The lowest BCUT2D eigenvalue weighted by Gasteiger charge is -2.12. The van der Waals surface area contributed by atoms with Crippen LogP contribution in [0, 0.1) is 12.8 Å². The molecule has 0 spiro atoms. The number of aromatic hydroxyl groups is 1. The first-order chi connectivity index (χ1) is 8.06. The van der Waals surface area contributed by atoms with Gasteiger partial charge in [-0.1, -0.05) is 6.07 Å². The number of carbonyl (C=O) groups excluding carboxylic acids is 1. The second kappa shape index (κ2) is 4.75. The summed E-state index contributed by atoms with van der Waals surface area (Å²) in [5.41, 5.74) is 7.26. The lowest BCUT2D eigenvalue weighted by Crippen LogP contribution is -2.23. The van der Waals surface area contributed by atoms with E-state index in [0.29, 0.717) is 5.69 Å². The Morgan fingerprint density at radius 1 is 1.47 bits per heavy atom. The van der Waals surface area contributed by atoms with Crippen molar-refractivity contribution in [1.82, 2.24) is 0 Å². The molecule has 2 unspecified atom stereocenters. The van der Waals surface area contributed by atoms with Gasteiger partial charge in [-0.25, -0.2) is 0 Å². The standard InChI is InChI=1S/C13H18N2O2/c1-8-2-5-12(16)11(6-8)15-13(17)9-3-4-10(14)7-9/h2,5-6,9-10,16H,3-4,7,14H2,1H3,(H,15,17). The molecule has 1 aliphatic rings. The number of hydrogen-bond acceptors (Lipinski definition) is 3. The summed E-state index contributed by atoms with van der Waals surface area (Å²) in [6, 6.07) is 5.29. The van der Waals surface area contributed by atoms with Crippen LogP contribution in [-0.2, 0) is 4.79 Å². The molecule has 0 bridgehead atoms. The fourth-order valence-electron chi connectivity index (χ4n) is 2.24. The number of phenolic OH excluding ortho intramolecular Hbond substituents is 1. The van der Waals surface area contributed by atoms with Gasteiger partial charge in [-0.2, -0.15) is 0 Å². The lowest BCUT2D eigenvalue weighted by molar-refractivity contribution is -0.119. The number of anilines is 1. The molecule has 0 heterocycles. The summed E-state index contributed by atoms with van der Waals surface area (Å²) in [4.78, 5) is 11.9. The number of benzene rings is 1. The highest BCUT2D eigenvalue weighted by atomic mass is 16.3. The maximum absolute atomic E-state index is 11.9. The minimum Gasteiger partial charge on any atom is -0.506 e. The lowest BCUT2D eigenvalue weighted by atomic mass is 10.1. The summed E-state index contributed by atoms with van der Waals surface area (Å²) in [5.74, 6) is 0.0370. The molecule has 1 aliphatic carbocycles. The van der Waals surface area contributed by atoms with Gasteiger partial charge in [-0.05, 0) is 43.9 Å². The highest BCUT2D eigenvalue weighted by Crippen LogP contribution is 2.28. The molecular formula is C13H18N2O2. The van der Waals surface area contributed by atoms with Gasteiger partial charge in [-0.3, -0.25) is 4.79 Å². The van der Waals surface area contributed by atoms with Crippen LogP contribution >= 0.6 is 0 Å². The number of nitrogens with one attached hydrogen (secondary N) is 1. The fraction of sp³-hybridized carbons (Fsp3) is 0.462. The number of rotatable bonds is 2. The third kappa shape index (κ3) is 2.77. The van der Waals surface area contributed by atoms with Crippen LogP contribution in [0.15, 0.2) is 18.2 Å². The fourth-order valence-corrected chi connectivity index (χ4v) is 2.24. The highest BCUT2D eigenvalue weighted by molar-refractivity contribution is 5.94. The van der Waals surface area contributed by atoms with Crippen LogP contribution in [0.5, 0.6) is 5.75 Å². The van der Waals surface area contributed by atoms with Crippen molar-refractivity contribution in [2.75, 3.05) is 5.32 Å². The van der Waals surface area contributed by atoms with Crippen molar-refractivity contribution in [3.8, 4) is 5.75 Å². The van der Waals surface area contributed by atoms with Gasteiger partial charge in [0.2, 0.25) is 5.91 Å². The second-order valence-electron chi connectivity index (χ2n) is 4.78. The monoisotopic (exact) mass is 234 g/mol. The molecule has 1 aromatic carbocycles. The molecule has 0 aliphatic heterocycles. The second-order valence-corrected chi connectivity index (χ2v) is 4.78. The molecule has 2 rings (SSSR count). The van der Waals surface area contributed by atoms with E-state index in [-0.39, 0.29) is 23.6 Å². The molecular weight excluding hydrogens is 216 g/mol. The molecule has 0 radical (unpaired) electrons. The Labute approximate surface area is 101 Å². The Kier molecular flexibility index (Phi) is 3.33. The number of amides is 1. The zero-order valence-corrected chi connectivity index (χ0v) is 9.94. The van der Waals surface area contributed by atoms with E-state index in [1.165, 1.54) is 0 Å². The van der Waals surface area contributed by atoms with Gasteiger partial charge in [0.15, 0.2) is 0 Å². The molecule has 17 heavy (non-hydrogen) atoms. The third-order valence-corrected chi connectivity index (χ3v) is 3.25. The summed E-state index contributed by atoms with van der Waals surface area (Å²) in [6.07, 6.45) is 2.47. The van der Waals surface area contributed by atoms with Gasteiger partial charge in [-0.15, -0.1) is 0 Å². The molecule has 1 aromatic rings. The van der Waals surface area contributed by atoms with Crippen LogP contribution in [0.2, 0.25) is 0 Å². The summed E-state index contributed by atoms with van der Waals surface area (Å²) >= 11 is 0. The predicted octanol–water partition coefficient (Wildman–Crippen LogP) is 1.77. The SMILES string of the molecule is Cc1ccc(O)c(NC(=O)C2CCC(N)C2)c1. The number of aryl methyl sites for hydroxylation is 1. The number of carbonyl (C=O) groups is 1. The van der Waals surface area contributed by atoms with E-state index in [1.807, 2.05) is 6.92 Å². The zero-order chi connectivity index (χ0) is 12.4. The highest BCUT2D eigenvalue weighted by Gasteiger charge is 2.28. The smallest absolute Gasteiger partial charge is 0.227 e. The maximum Gasteiger partial charge on any atom is 0.227 e. The Bertz CT molecular complexity index is 431. The van der Waals surface area contributed by atoms with Gasteiger partial charge in [0.25, 0.3) is 0 Å². The maximum atomic E-state index is 11.9. The van der Waals surface area contributed by atoms with Crippen molar-refractivity contribution in [1.29, 1.82) is 0 Å². The van der Waals surface area contributed by atoms with Gasteiger partial charge in [0.1, 0.15) is 5.75 Å². The van der Waals surface area contributed by atoms with Crippen molar-refractivity contribution in [2.45, 2.75) is 32.2 Å². The minimum atomic E-state index is -0.0427. The van der Waals surface area contributed by atoms with E-state index in [4.69, 9.17) is 5.73 Å². The van der Waals surface area contributed by atoms with Crippen molar-refractivity contribution < 1.29 is 9.90 Å². The van der Waals surface area contributed by atoms with Crippen molar-refractivity contribution in [3.05, 3.63) is 23.8 Å². The van der Waals surface area contributed by atoms with Crippen LogP contribution in [0.3, 0.4) is 0 Å². The molecule has 4 N–H and O–H groups in total. The molecule has 1 fully saturated rings. The normalized spacial score (nSPS) is 23.6. The van der Waals surface area contributed by atoms with Crippen LogP contribution in [0.4, 0.5) is 5.69 Å². The van der Waals surface area contributed by atoms with Crippen LogP contribution < -0.4 is 11.1 Å². The molecule has 1 amide bonds. The Morgan fingerprint density at radius 3 is 2.88 bits per heavy atom. The third-order valence-electron chi connectivity index (χ3n) is 3.25. The van der Waals surface area contributed by atoms with Crippen molar-refractivity contribution >= 4 is 11.6 Å². The molecule has 1 saturated carbocycles. The van der Waals surface area contributed by atoms with Gasteiger partial charge in [0.05, 0.1) is 5.69 Å². The van der Waals surface area contributed by atoms with Gasteiger partial charge >= 0.3 is 0 Å². The Balaban J connectivity index is 2.05. The van der Waals surface area contributed by atoms with Crippen molar-refractivity contribution in [2.24, 2.45) is 11.7 Å². The molecule has 2 atom stereocenters. The average Bonchev–Trinajstić information content (AvgIpc) is 2.70. The summed E-state index contributed by atoms with van der Waals surface area (Å²) in [6.45, 7) is 1.92. The molecule has 4 heteroatoms. The first-order valence-electron chi connectivity index (χ1n) is 5.92. The van der Waals surface area contributed by atoms with E-state index in [0.717, 1.165) is 24.8 Å². The van der Waals surface area contributed by atoms with Crippen molar-refractivity contribution in [3.63, 3.8) is 0 Å². The molecule has 4 nitrogen and oxygen atoms in total. The van der Waals surface area contributed by atoms with E-state index >= 15 is 0 Å². The first kappa shape index (κ1) is 11.9. The number of phenols is 1. The summed E-state index contributed by atoms with van der Waals surface area (Å²) < 4.78 is 0. The largest absolute Gasteiger partial charge is 0.506 e. The summed E-state index contributed by atoms with van der Waals surface area (Å²) in [7, 11) is 0. The van der Waals surface area contributed by atoms with E-state index in [2.05, 4.69) is 5.32 Å². The van der Waals surface area contributed by atoms with Crippen LogP contribution in [-0.4, -0.2) is 17.1 Å². The molecule has 92 valence electrons. The average molecular weight is 234 g/mol. The topological polar surface area (TPSA) is 75.3 Å². The predicted molar refractivity (Wildman–Crippen MR) is 66.8 cm³/mol. The summed E-state index contributed by atoms with van der Waals surface area (Å²) in [5, 5.41) is 12.4. The molecule has 0 aromatic heterocycles. The van der Waals surface area contributed by atoms with Crippen LogP contribution in [0.25, 0.3) is 0 Å². The Hall–Kier alpha value is -1.55. The van der Waals surface area contributed by atoms with E-state index in [9.17, 15) is 9.90 Å².